The van der Waals surface area contributed by atoms with Crippen LogP contribution in [0.4, 0.5) is 0 Å². The molecular weight excluding hydrogens is 358 g/mol. The summed E-state index contributed by atoms with van der Waals surface area (Å²) in [4.78, 5) is 17.3. The number of hydrogen-bond acceptors (Lipinski definition) is 5. The molecule has 1 aromatic heterocycles. The molecule has 1 aromatic carbocycles. The number of carbonyl (C=O) groups is 1. The van der Waals surface area contributed by atoms with Crippen molar-refractivity contribution in [3.8, 4) is 0 Å². The van der Waals surface area contributed by atoms with Crippen molar-refractivity contribution in [3.63, 3.8) is 0 Å². The second-order valence-electron chi connectivity index (χ2n) is 7.52. The van der Waals surface area contributed by atoms with Gasteiger partial charge in [0.15, 0.2) is 5.16 Å². The van der Waals surface area contributed by atoms with E-state index >= 15 is 0 Å². The van der Waals surface area contributed by atoms with Gasteiger partial charge >= 0.3 is 0 Å². The van der Waals surface area contributed by atoms with Crippen molar-refractivity contribution in [2.24, 2.45) is 7.05 Å². The van der Waals surface area contributed by atoms with Crippen LogP contribution in [0.5, 0.6) is 0 Å². The van der Waals surface area contributed by atoms with Crippen molar-refractivity contribution in [3.05, 3.63) is 41.7 Å². The number of benzene rings is 1. The zero-order valence-electron chi connectivity index (χ0n) is 16.0. The lowest BCUT2D eigenvalue weighted by Gasteiger charge is -2.35. The van der Waals surface area contributed by atoms with Crippen LogP contribution in [-0.4, -0.2) is 61.9 Å². The average molecular weight is 386 g/mol. The monoisotopic (exact) mass is 385 g/mol. The Morgan fingerprint density at radius 3 is 2.52 bits per heavy atom. The fourth-order valence-electron chi connectivity index (χ4n) is 3.56. The Bertz CT molecular complexity index is 781. The summed E-state index contributed by atoms with van der Waals surface area (Å²) in [5.41, 5.74) is 1.33. The van der Waals surface area contributed by atoms with Crippen LogP contribution < -0.4 is 0 Å². The SMILES string of the molecule is C[C@@H](Sc1nnc(C2CC2)n1C)C(=O)N1CCN(Cc2ccccc2)CC1. The zero-order chi connectivity index (χ0) is 18.8. The van der Waals surface area contributed by atoms with Crippen LogP contribution in [-0.2, 0) is 18.4 Å². The lowest BCUT2D eigenvalue weighted by molar-refractivity contribution is -0.132. The number of carbonyl (C=O) groups excluding carboxylic acids is 1. The van der Waals surface area contributed by atoms with E-state index in [1.165, 1.54) is 30.2 Å². The number of rotatable bonds is 6. The topological polar surface area (TPSA) is 54.3 Å². The van der Waals surface area contributed by atoms with Gasteiger partial charge in [-0.1, -0.05) is 42.1 Å². The number of amides is 1. The van der Waals surface area contributed by atoms with Gasteiger partial charge in [-0.25, -0.2) is 0 Å². The van der Waals surface area contributed by atoms with Gasteiger partial charge in [0.2, 0.25) is 5.91 Å². The van der Waals surface area contributed by atoms with E-state index in [0.717, 1.165) is 43.7 Å². The largest absolute Gasteiger partial charge is 0.339 e. The quantitative estimate of drug-likeness (QED) is 0.715. The molecular formula is C20H27N5OS. The van der Waals surface area contributed by atoms with Gasteiger partial charge in [0.25, 0.3) is 0 Å². The Balaban J connectivity index is 1.28. The minimum absolute atomic E-state index is 0.138. The van der Waals surface area contributed by atoms with Crippen molar-refractivity contribution in [2.75, 3.05) is 26.2 Å². The molecule has 2 aliphatic rings. The maximum absolute atomic E-state index is 12.9. The standard InChI is InChI=1S/C20H27N5OS/c1-15(27-20-22-21-18(23(20)2)17-8-9-17)19(26)25-12-10-24(11-13-25)14-16-6-4-3-5-7-16/h3-7,15,17H,8-14H2,1-2H3/t15-/m1/s1. The van der Waals surface area contributed by atoms with Crippen LogP contribution in [0.2, 0.25) is 0 Å². The van der Waals surface area contributed by atoms with Crippen LogP contribution >= 0.6 is 11.8 Å². The lowest BCUT2D eigenvalue weighted by Crippen LogP contribution is -2.50. The van der Waals surface area contributed by atoms with E-state index in [1.54, 1.807) is 0 Å². The minimum Gasteiger partial charge on any atom is -0.339 e. The van der Waals surface area contributed by atoms with Crippen molar-refractivity contribution < 1.29 is 4.79 Å². The number of piperazine rings is 1. The maximum Gasteiger partial charge on any atom is 0.235 e. The highest BCUT2D eigenvalue weighted by Gasteiger charge is 2.31. The van der Waals surface area contributed by atoms with Gasteiger partial charge in [-0.05, 0) is 25.3 Å². The number of aromatic nitrogens is 3. The molecule has 1 saturated heterocycles. The third kappa shape index (κ3) is 4.35. The predicted molar refractivity (Wildman–Crippen MR) is 107 cm³/mol. The molecule has 0 radical (unpaired) electrons. The summed E-state index contributed by atoms with van der Waals surface area (Å²) in [6.07, 6.45) is 2.41. The van der Waals surface area contributed by atoms with Gasteiger partial charge < -0.3 is 9.47 Å². The number of hydrogen-bond donors (Lipinski definition) is 0. The Kier molecular flexibility index (Phi) is 5.50. The van der Waals surface area contributed by atoms with Crippen molar-refractivity contribution in [1.82, 2.24) is 24.6 Å². The molecule has 144 valence electrons. The van der Waals surface area contributed by atoms with Gasteiger partial charge in [0, 0.05) is 45.7 Å². The third-order valence-electron chi connectivity index (χ3n) is 5.37. The van der Waals surface area contributed by atoms with Gasteiger partial charge in [-0.2, -0.15) is 0 Å². The molecule has 27 heavy (non-hydrogen) atoms. The smallest absolute Gasteiger partial charge is 0.235 e. The molecule has 6 nitrogen and oxygen atoms in total. The third-order valence-corrected chi connectivity index (χ3v) is 6.50. The Labute approximate surface area is 164 Å². The summed E-state index contributed by atoms with van der Waals surface area (Å²) >= 11 is 1.53. The molecule has 1 aliphatic heterocycles. The van der Waals surface area contributed by atoms with Gasteiger partial charge in [-0.15, -0.1) is 10.2 Å². The summed E-state index contributed by atoms with van der Waals surface area (Å²) in [7, 11) is 2.01. The Hall–Kier alpha value is -1.86. The van der Waals surface area contributed by atoms with Crippen LogP contribution in [0.1, 0.15) is 37.1 Å². The Morgan fingerprint density at radius 2 is 1.85 bits per heavy atom. The molecule has 2 fully saturated rings. The summed E-state index contributed by atoms with van der Waals surface area (Å²) < 4.78 is 2.06. The number of thioether (sulfide) groups is 1. The van der Waals surface area contributed by atoms with Gasteiger partial charge in [0.1, 0.15) is 5.82 Å². The second kappa shape index (κ2) is 8.02. The molecule has 4 rings (SSSR count). The molecule has 0 bridgehead atoms. The molecule has 0 spiro atoms. The van der Waals surface area contributed by atoms with E-state index in [1.807, 2.05) is 24.9 Å². The molecule has 2 heterocycles. The van der Waals surface area contributed by atoms with Gasteiger partial charge in [-0.3, -0.25) is 9.69 Å². The highest BCUT2D eigenvalue weighted by molar-refractivity contribution is 8.00. The van der Waals surface area contributed by atoms with E-state index in [2.05, 4.69) is 43.9 Å². The van der Waals surface area contributed by atoms with Crippen LogP contribution in [0.15, 0.2) is 35.5 Å². The molecule has 1 saturated carbocycles. The molecule has 0 unspecified atom stereocenters. The van der Waals surface area contributed by atoms with E-state index in [0.29, 0.717) is 5.92 Å². The molecule has 1 atom stereocenters. The van der Waals surface area contributed by atoms with Crippen LogP contribution in [0, 0.1) is 0 Å². The zero-order valence-corrected chi connectivity index (χ0v) is 16.9. The van der Waals surface area contributed by atoms with E-state index in [-0.39, 0.29) is 11.2 Å². The first-order valence-corrected chi connectivity index (χ1v) is 10.6. The molecule has 1 amide bonds. The molecule has 7 heteroatoms. The fraction of sp³-hybridized carbons (Fsp3) is 0.550. The summed E-state index contributed by atoms with van der Waals surface area (Å²) in [5, 5.41) is 9.32. The molecule has 1 aliphatic carbocycles. The molecule has 2 aromatic rings. The van der Waals surface area contributed by atoms with E-state index in [9.17, 15) is 4.79 Å². The Morgan fingerprint density at radius 1 is 1.15 bits per heavy atom. The second-order valence-corrected chi connectivity index (χ2v) is 8.83. The first kappa shape index (κ1) is 18.5. The summed E-state index contributed by atoms with van der Waals surface area (Å²) in [6, 6.07) is 10.5. The fourth-order valence-corrected chi connectivity index (χ4v) is 4.47. The predicted octanol–water partition coefficient (Wildman–Crippen LogP) is 2.52. The van der Waals surface area contributed by atoms with Crippen molar-refractivity contribution in [2.45, 2.75) is 42.6 Å². The van der Waals surface area contributed by atoms with Crippen molar-refractivity contribution in [1.29, 1.82) is 0 Å². The number of nitrogens with zero attached hydrogens (tertiary/aromatic N) is 5. The summed E-state index contributed by atoms with van der Waals surface area (Å²) in [6.45, 7) is 6.37. The highest BCUT2D eigenvalue weighted by Crippen LogP contribution is 2.39. The van der Waals surface area contributed by atoms with E-state index in [4.69, 9.17) is 0 Å². The maximum atomic E-state index is 12.9. The highest BCUT2D eigenvalue weighted by atomic mass is 32.2. The lowest BCUT2D eigenvalue weighted by atomic mass is 10.2. The van der Waals surface area contributed by atoms with Crippen LogP contribution in [0.3, 0.4) is 0 Å². The first-order valence-electron chi connectivity index (χ1n) is 9.73. The first-order chi connectivity index (χ1) is 13.1. The summed E-state index contributed by atoms with van der Waals surface area (Å²) in [5.74, 6) is 1.84. The van der Waals surface area contributed by atoms with E-state index < -0.39 is 0 Å². The molecule has 0 N–H and O–H groups in total. The van der Waals surface area contributed by atoms with Crippen molar-refractivity contribution >= 4 is 17.7 Å². The minimum atomic E-state index is -0.138. The normalized spacial score (nSPS) is 19.3. The van der Waals surface area contributed by atoms with Crippen LogP contribution in [0.25, 0.3) is 0 Å². The average Bonchev–Trinajstić information content (AvgIpc) is 3.47. The van der Waals surface area contributed by atoms with Gasteiger partial charge in [0.05, 0.1) is 5.25 Å².